The zero-order valence-electron chi connectivity index (χ0n) is 15.0. The van der Waals surface area contributed by atoms with Crippen LogP contribution >= 0.6 is 0 Å². The molecule has 0 radical (unpaired) electrons. The van der Waals surface area contributed by atoms with Crippen LogP contribution in [0.5, 0.6) is 5.75 Å². The van der Waals surface area contributed by atoms with Gasteiger partial charge in [0.1, 0.15) is 11.6 Å². The Morgan fingerprint density at radius 2 is 1.74 bits per heavy atom. The molecule has 0 aliphatic carbocycles. The lowest BCUT2D eigenvalue weighted by atomic mass is 10.1. The van der Waals surface area contributed by atoms with Gasteiger partial charge in [0.05, 0.1) is 25.0 Å². The summed E-state index contributed by atoms with van der Waals surface area (Å²) in [6.07, 6.45) is 1.80. The van der Waals surface area contributed by atoms with E-state index in [1.807, 2.05) is 60.7 Å². The van der Waals surface area contributed by atoms with E-state index in [0.717, 1.165) is 39.6 Å². The maximum absolute atomic E-state index is 5.46. The minimum absolute atomic E-state index is 0.589. The summed E-state index contributed by atoms with van der Waals surface area (Å²) in [5.74, 6) is 1.64. The van der Waals surface area contributed by atoms with Gasteiger partial charge >= 0.3 is 0 Å². The van der Waals surface area contributed by atoms with Crippen LogP contribution in [0.1, 0.15) is 5.69 Å². The molecule has 5 heteroatoms. The van der Waals surface area contributed by atoms with Crippen molar-refractivity contribution in [1.82, 2.24) is 15.2 Å². The Labute approximate surface area is 158 Å². The average molecular weight is 356 g/mol. The van der Waals surface area contributed by atoms with Crippen LogP contribution in [-0.2, 0) is 6.54 Å². The predicted molar refractivity (Wildman–Crippen MR) is 108 cm³/mol. The molecule has 2 aromatic carbocycles. The van der Waals surface area contributed by atoms with Crippen LogP contribution in [0.15, 0.2) is 79.0 Å². The van der Waals surface area contributed by atoms with Crippen molar-refractivity contribution >= 4 is 5.82 Å². The molecule has 5 nitrogen and oxygen atoms in total. The summed E-state index contributed by atoms with van der Waals surface area (Å²) in [4.78, 5) is 4.41. The van der Waals surface area contributed by atoms with Gasteiger partial charge in [0.2, 0.25) is 0 Å². The van der Waals surface area contributed by atoms with Gasteiger partial charge in [-0.25, -0.2) is 4.98 Å². The average Bonchev–Trinajstić information content (AvgIpc) is 3.22. The lowest BCUT2D eigenvalue weighted by molar-refractivity contribution is 0.416. The van der Waals surface area contributed by atoms with Crippen molar-refractivity contribution in [3.8, 4) is 28.1 Å². The highest BCUT2D eigenvalue weighted by Gasteiger charge is 2.07. The van der Waals surface area contributed by atoms with Crippen LogP contribution in [0, 0.1) is 0 Å². The number of nitrogens with zero attached hydrogens (tertiary/aromatic N) is 2. The number of rotatable bonds is 6. The van der Waals surface area contributed by atoms with Gasteiger partial charge in [-0.3, -0.25) is 5.10 Å². The number of anilines is 1. The van der Waals surface area contributed by atoms with E-state index in [-0.39, 0.29) is 0 Å². The molecule has 4 aromatic rings. The zero-order chi connectivity index (χ0) is 18.5. The number of aromatic amines is 1. The quantitative estimate of drug-likeness (QED) is 0.523. The SMILES string of the molecule is COc1ccccc1-c1ccnc(NCc2cc(-c3ccccc3)[nH]n2)c1. The van der Waals surface area contributed by atoms with Crippen LogP contribution in [0.3, 0.4) is 0 Å². The highest BCUT2D eigenvalue weighted by atomic mass is 16.5. The highest BCUT2D eigenvalue weighted by molar-refractivity contribution is 5.72. The molecule has 27 heavy (non-hydrogen) atoms. The second-order valence-electron chi connectivity index (χ2n) is 6.12. The van der Waals surface area contributed by atoms with E-state index in [1.165, 1.54) is 0 Å². The normalized spacial score (nSPS) is 10.6. The number of nitrogens with one attached hydrogen (secondary N) is 2. The summed E-state index contributed by atoms with van der Waals surface area (Å²) in [6, 6.07) is 24.2. The lowest BCUT2D eigenvalue weighted by Crippen LogP contribution is -2.01. The minimum Gasteiger partial charge on any atom is -0.496 e. The van der Waals surface area contributed by atoms with Crippen molar-refractivity contribution in [3.63, 3.8) is 0 Å². The Hall–Kier alpha value is -3.60. The van der Waals surface area contributed by atoms with Gasteiger partial charge in [-0.1, -0.05) is 48.5 Å². The Bertz CT molecular complexity index is 1030. The molecular formula is C22H20N4O. The third kappa shape index (κ3) is 3.82. The fourth-order valence-corrected chi connectivity index (χ4v) is 2.98. The van der Waals surface area contributed by atoms with Gasteiger partial charge in [0.25, 0.3) is 0 Å². The topological polar surface area (TPSA) is 62.8 Å². The molecule has 0 unspecified atom stereocenters. The lowest BCUT2D eigenvalue weighted by Gasteiger charge is -2.10. The monoisotopic (exact) mass is 356 g/mol. The summed E-state index contributed by atoms with van der Waals surface area (Å²) >= 11 is 0. The smallest absolute Gasteiger partial charge is 0.126 e. The fraction of sp³-hybridized carbons (Fsp3) is 0.0909. The molecule has 2 heterocycles. The van der Waals surface area contributed by atoms with Crippen molar-refractivity contribution in [1.29, 1.82) is 0 Å². The maximum Gasteiger partial charge on any atom is 0.126 e. The van der Waals surface area contributed by atoms with Gasteiger partial charge in [-0.15, -0.1) is 0 Å². The second kappa shape index (κ2) is 7.74. The molecule has 0 fully saturated rings. The van der Waals surface area contributed by atoms with Gasteiger partial charge in [-0.05, 0) is 35.4 Å². The number of H-pyrrole nitrogens is 1. The maximum atomic E-state index is 5.46. The Balaban J connectivity index is 1.49. The third-order valence-electron chi connectivity index (χ3n) is 4.34. The molecule has 0 bridgehead atoms. The fourth-order valence-electron chi connectivity index (χ4n) is 2.98. The molecule has 0 saturated carbocycles. The summed E-state index contributed by atoms with van der Waals surface area (Å²) in [5.41, 5.74) is 5.14. The van der Waals surface area contributed by atoms with Gasteiger partial charge in [0, 0.05) is 11.8 Å². The second-order valence-corrected chi connectivity index (χ2v) is 6.12. The summed E-state index contributed by atoms with van der Waals surface area (Å²) in [7, 11) is 1.68. The Morgan fingerprint density at radius 3 is 2.59 bits per heavy atom. The van der Waals surface area contributed by atoms with Crippen LogP contribution in [-0.4, -0.2) is 22.3 Å². The number of methoxy groups -OCH3 is 1. The van der Waals surface area contributed by atoms with E-state index in [1.54, 1.807) is 13.3 Å². The summed E-state index contributed by atoms with van der Waals surface area (Å²) in [5, 5.41) is 10.8. The van der Waals surface area contributed by atoms with Crippen LogP contribution in [0.25, 0.3) is 22.4 Å². The van der Waals surface area contributed by atoms with E-state index in [0.29, 0.717) is 6.54 Å². The van der Waals surface area contributed by atoms with Crippen LogP contribution in [0.4, 0.5) is 5.82 Å². The van der Waals surface area contributed by atoms with Gasteiger partial charge in [-0.2, -0.15) is 5.10 Å². The van der Waals surface area contributed by atoms with Gasteiger partial charge < -0.3 is 10.1 Å². The first kappa shape index (κ1) is 16.8. The largest absolute Gasteiger partial charge is 0.496 e. The van der Waals surface area contributed by atoms with E-state index in [9.17, 15) is 0 Å². The molecule has 4 rings (SSSR count). The molecule has 0 aliphatic rings. The van der Waals surface area contributed by atoms with Crippen molar-refractivity contribution in [2.45, 2.75) is 6.54 Å². The first-order chi connectivity index (χ1) is 13.3. The standard InChI is InChI=1S/C22H20N4O/c1-27-21-10-6-5-9-19(21)17-11-12-23-22(13-17)24-15-18-14-20(26-25-18)16-7-3-2-4-8-16/h2-14H,15H2,1H3,(H,23,24)(H,25,26). The minimum atomic E-state index is 0.589. The first-order valence-electron chi connectivity index (χ1n) is 8.76. The van der Waals surface area contributed by atoms with E-state index in [4.69, 9.17) is 4.74 Å². The highest BCUT2D eigenvalue weighted by Crippen LogP contribution is 2.30. The number of para-hydroxylation sites is 1. The number of pyridine rings is 1. The molecule has 0 atom stereocenters. The summed E-state index contributed by atoms with van der Waals surface area (Å²) < 4.78 is 5.46. The number of hydrogen-bond donors (Lipinski definition) is 2. The van der Waals surface area contributed by atoms with Crippen LogP contribution in [0.2, 0.25) is 0 Å². The summed E-state index contributed by atoms with van der Waals surface area (Å²) in [6.45, 7) is 0.589. The number of aromatic nitrogens is 3. The number of benzene rings is 2. The molecule has 134 valence electrons. The molecule has 0 aliphatic heterocycles. The first-order valence-corrected chi connectivity index (χ1v) is 8.76. The molecular weight excluding hydrogens is 336 g/mol. The molecule has 2 N–H and O–H groups in total. The molecule has 0 saturated heterocycles. The predicted octanol–water partition coefficient (Wildman–Crippen LogP) is 4.76. The van der Waals surface area contributed by atoms with Gasteiger partial charge in [0.15, 0.2) is 0 Å². The van der Waals surface area contributed by atoms with E-state index >= 15 is 0 Å². The zero-order valence-corrected chi connectivity index (χ0v) is 15.0. The third-order valence-corrected chi connectivity index (χ3v) is 4.34. The molecule has 0 amide bonds. The van der Waals surface area contributed by atoms with Crippen LogP contribution < -0.4 is 10.1 Å². The van der Waals surface area contributed by atoms with E-state index < -0.39 is 0 Å². The molecule has 0 spiro atoms. The van der Waals surface area contributed by atoms with E-state index in [2.05, 4.69) is 32.6 Å². The Morgan fingerprint density at radius 1 is 0.926 bits per heavy atom. The molecule has 2 aromatic heterocycles. The Kier molecular flexibility index (Phi) is 4.83. The van der Waals surface area contributed by atoms with Crippen molar-refractivity contribution in [3.05, 3.63) is 84.7 Å². The van der Waals surface area contributed by atoms with Crippen molar-refractivity contribution < 1.29 is 4.74 Å². The number of hydrogen-bond acceptors (Lipinski definition) is 4. The van der Waals surface area contributed by atoms with Crippen molar-refractivity contribution in [2.24, 2.45) is 0 Å². The van der Waals surface area contributed by atoms with Crippen molar-refractivity contribution in [2.75, 3.05) is 12.4 Å². The number of ether oxygens (including phenoxy) is 1.